The Balaban J connectivity index is 2.09. The smallest absolute Gasteiger partial charge is 0.264 e. The first-order valence-corrected chi connectivity index (χ1v) is 7.68. The fourth-order valence-electron chi connectivity index (χ4n) is 2.05. The van der Waals surface area contributed by atoms with Gasteiger partial charge in [0.25, 0.3) is 10.1 Å². The number of halogens is 2. The number of anilines is 1. The average molecular weight is 305 g/mol. The van der Waals surface area contributed by atoms with Crippen LogP contribution in [-0.2, 0) is 19.1 Å². The van der Waals surface area contributed by atoms with Crippen molar-refractivity contribution < 1.29 is 26.2 Å². The maximum absolute atomic E-state index is 13.6. The molecule has 1 unspecified atom stereocenters. The number of nitrogens with zero attached hydrogens (tertiary/aromatic N) is 1. The maximum atomic E-state index is 13.6. The van der Waals surface area contributed by atoms with Gasteiger partial charge in [0.2, 0.25) is 5.91 Å². The second-order valence-electron chi connectivity index (χ2n) is 4.66. The molecule has 0 saturated carbocycles. The number of carbonyl (C=O) groups is 1. The first-order valence-electron chi connectivity index (χ1n) is 5.86. The van der Waals surface area contributed by atoms with Crippen molar-refractivity contribution in [2.75, 3.05) is 24.3 Å². The van der Waals surface area contributed by atoms with E-state index in [-0.39, 0.29) is 37.1 Å². The summed E-state index contributed by atoms with van der Waals surface area (Å²) in [4.78, 5) is 13.0. The van der Waals surface area contributed by atoms with Crippen molar-refractivity contribution in [1.29, 1.82) is 0 Å². The molecular formula is C12H13F2NO4S. The molecule has 0 radical (unpaired) electrons. The molecule has 1 heterocycles. The highest BCUT2D eigenvalue weighted by molar-refractivity contribution is 7.85. The number of amides is 1. The van der Waals surface area contributed by atoms with Crippen LogP contribution in [0.3, 0.4) is 0 Å². The third-order valence-corrected chi connectivity index (χ3v) is 3.49. The van der Waals surface area contributed by atoms with Crippen molar-refractivity contribution in [3.05, 3.63) is 29.8 Å². The number of rotatable bonds is 4. The molecule has 1 aromatic carbocycles. The molecule has 1 aromatic rings. The third-order valence-electron chi connectivity index (χ3n) is 2.92. The van der Waals surface area contributed by atoms with Gasteiger partial charge < -0.3 is 4.90 Å². The predicted octanol–water partition coefficient (Wildman–Crippen LogP) is 1.29. The molecule has 0 N–H and O–H groups in total. The molecule has 0 aromatic heterocycles. The summed E-state index contributed by atoms with van der Waals surface area (Å²) in [6, 6.07) is 2.94. The Morgan fingerprint density at radius 2 is 2.10 bits per heavy atom. The summed E-state index contributed by atoms with van der Waals surface area (Å²) in [5.41, 5.74) is -0.0155. The summed E-state index contributed by atoms with van der Waals surface area (Å²) < 4.78 is 52.9. The largest absolute Gasteiger partial charge is 0.309 e. The molecule has 1 fully saturated rings. The van der Waals surface area contributed by atoms with Crippen LogP contribution in [0.2, 0.25) is 0 Å². The summed E-state index contributed by atoms with van der Waals surface area (Å²) >= 11 is 0. The lowest BCUT2D eigenvalue weighted by Gasteiger charge is -2.17. The zero-order valence-corrected chi connectivity index (χ0v) is 11.5. The summed E-state index contributed by atoms with van der Waals surface area (Å²) in [5.74, 6) is -2.25. The molecule has 1 aliphatic heterocycles. The van der Waals surface area contributed by atoms with Crippen LogP contribution in [0, 0.1) is 17.6 Å². The third kappa shape index (κ3) is 3.51. The highest BCUT2D eigenvalue weighted by Gasteiger charge is 2.32. The molecule has 0 aliphatic carbocycles. The summed E-state index contributed by atoms with van der Waals surface area (Å²) in [5, 5.41) is 0. The average Bonchev–Trinajstić information content (AvgIpc) is 2.67. The summed E-state index contributed by atoms with van der Waals surface area (Å²) in [7, 11) is -3.58. The number of hydrogen-bond acceptors (Lipinski definition) is 4. The van der Waals surface area contributed by atoms with Crippen molar-refractivity contribution in [2.45, 2.75) is 6.42 Å². The molecule has 1 aliphatic rings. The van der Waals surface area contributed by atoms with Gasteiger partial charge in [-0.2, -0.15) is 8.42 Å². The molecule has 1 saturated heterocycles. The Labute approximate surface area is 115 Å². The van der Waals surface area contributed by atoms with Crippen molar-refractivity contribution in [1.82, 2.24) is 0 Å². The first kappa shape index (κ1) is 14.9. The molecular weight excluding hydrogens is 292 g/mol. The van der Waals surface area contributed by atoms with Gasteiger partial charge in [0.15, 0.2) is 0 Å². The maximum Gasteiger partial charge on any atom is 0.264 e. The van der Waals surface area contributed by atoms with Gasteiger partial charge in [-0.3, -0.25) is 8.98 Å². The van der Waals surface area contributed by atoms with Crippen LogP contribution in [0.5, 0.6) is 0 Å². The van der Waals surface area contributed by atoms with Crippen LogP contribution in [0.1, 0.15) is 6.42 Å². The van der Waals surface area contributed by atoms with Crippen LogP contribution in [0.25, 0.3) is 0 Å². The van der Waals surface area contributed by atoms with E-state index in [2.05, 4.69) is 4.18 Å². The minimum atomic E-state index is -3.58. The standard InChI is InChI=1S/C12H13F2NO4S/c1-20(17,18)19-7-8-4-12(16)15(6-8)11-3-2-9(13)5-10(11)14/h2-3,5,8H,4,6-7H2,1H3. The molecule has 20 heavy (non-hydrogen) atoms. The van der Waals surface area contributed by atoms with Crippen LogP contribution in [0.15, 0.2) is 18.2 Å². The molecule has 0 spiro atoms. The molecule has 2 rings (SSSR count). The van der Waals surface area contributed by atoms with Crippen molar-refractivity contribution in [3.8, 4) is 0 Å². The lowest BCUT2D eigenvalue weighted by Crippen LogP contribution is -2.26. The normalized spacial score (nSPS) is 19.6. The second-order valence-corrected chi connectivity index (χ2v) is 6.30. The number of carbonyl (C=O) groups excluding carboxylic acids is 1. The fraction of sp³-hybridized carbons (Fsp3) is 0.417. The lowest BCUT2D eigenvalue weighted by molar-refractivity contribution is -0.117. The molecule has 5 nitrogen and oxygen atoms in total. The van der Waals surface area contributed by atoms with Crippen LogP contribution in [0.4, 0.5) is 14.5 Å². The van der Waals surface area contributed by atoms with Gasteiger partial charge in [-0.05, 0) is 12.1 Å². The zero-order valence-electron chi connectivity index (χ0n) is 10.7. The Morgan fingerprint density at radius 1 is 1.40 bits per heavy atom. The van der Waals surface area contributed by atoms with Crippen LogP contribution in [-0.4, -0.2) is 33.7 Å². The van der Waals surface area contributed by atoms with Crippen LogP contribution >= 0.6 is 0 Å². The van der Waals surface area contributed by atoms with E-state index in [1.165, 1.54) is 11.0 Å². The van der Waals surface area contributed by atoms with E-state index in [1.54, 1.807) is 0 Å². The van der Waals surface area contributed by atoms with E-state index in [1.807, 2.05) is 0 Å². The van der Waals surface area contributed by atoms with Crippen molar-refractivity contribution >= 4 is 21.7 Å². The molecule has 8 heteroatoms. The van der Waals surface area contributed by atoms with E-state index in [0.717, 1.165) is 12.3 Å². The second kappa shape index (κ2) is 5.45. The predicted molar refractivity (Wildman–Crippen MR) is 67.6 cm³/mol. The Morgan fingerprint density at radius 3 is 2.70 bits per heavy atom. The van der Waals surface area contributed by atoms with Gasteiger partial charge >= 0.3 is 0 Å². The minimum absolute atomic E-state index is 0.0155. The van der Waals surface area contributed by atoms with Crippen molar-refractivity contribution in [3.63, 3.8) is 0 Å². The van der Waals surface area contributed by atoms with Crippen LogP contribution < -0.4 is 4.90 Å². The van der Waals surface area contributed by atoms with Gasteiger partial charge in [0, 0.05) is 24.9 Å². The quantitative estimate of drug-likeness (QED) is 0.787. The molecule has 110 valence electrons. The van der Waals surface area contributed by atoms with E-state index < -0.39 is 21.8 Å². The van der Waals surface area contributed by atoms with Gasteiger partial charge in [-0.25, -0.2) is 8.78 Å². The highest BCUT2D eigenvalue weighted by atomic mass is 32.2. The molecule has 1 amide bonds. The number of benzene rings is 1. The Bertz CT molecular complexity index is 632. The molecule has 1 atom stereocenters. The minimum Gasteiger partial charge on any atom is -0.309 e. The summed E-state index contributed by atoms with van der Waals surface area (Å²) in [6.45, 7) is 0.000786. The van der Waals surface area contributed by atoms with E-state index in [4.69, 9.17) is 0 Å². The zero-order chi connectivity index (χ0) is 14.9. The number of hydrogen-bond donors (Lipinski definition) is 0. The highest BCUT2D eigenvalue weighted by Crippen LogP contribution is 2.28. The van der Waals surface area contributed by atoms with Gasteiger partial charge in [-0.15, -0.1) is 0 Å². The summed E-state index contributed by atoms with van der Waals surface area (Å²) in [6.07, 6.45) is 0.980. The SMILES string of the molecule is CS(=O)(=O)OCC1CC(=O)N(c2ccc(F)cc2F)C1. The van der Waals surface area contributed by atoms with Gasteiger partial charge in [0.05, 0.1) is 18.6 Å². The first-order chi connectivity index (χ1) is 9.26. The Hall–Kier alpha value is -1.54. The van der Waals surface area contributed by atoms with Gasteiger partial charge in [-0.1, -0.05) is 0 Å². The Kier molecular flexibility index (Phi) is 4.05. The monoisotopic (exact) mass is 305 g/mol. The van der Waals surface area contributed by atoms with Crippen molar-refractivity contribution in [2.24, 2.45) is 5.92 Å². The van der Waals surface area contributed by atoms with E-state index in [0.29, 0.717) is 6.07 Å². The molecule has 0 bridgehead atoms. The lowest BCUT2D eigenvalue weighted by atomic mass is 10.1. The topological polar surface area (TPSA) is 63.7 Å². The fourth-order valence-corrected chi connectivity index (χ4v) is 2.49. The van der Waals surface area contributed by atoms with E-state index >= 15 is 0 Å². The van der Waals surface area contributed by atoms with E-state index in [9.17, 15) is 22.0 Å². The van der Waals surface area contributed by atoms with Gasteiger partial charge in [0.1, 0.15) is 11.6 Å².